The number of hydrogen-bond donors (Lipinski definition) is 2. The third-order valence-corrected chi connectivity index (χ3v) is 4.71. The van der Waals surface area contributed by atoms with Crippen molar-refractivity contribution in [2.45, 2.75) is 19.3 Å². The molecule has 2 N–H and O–H groups in total. The zero-order valence-electron chi connectivity index (χ0n) is 12.6. The van der Waals surface area contributed by atoms with E-state index >= 15 is 0 Å². The Labute approximate surface area is 137 Å². The minimum absolute atomic E-state index is 0. The molecule has 1 spiro atoms. The maximum absolute atomic E-state index is 12.2. The molecule has 0 saturated carbocycles. The van der Waals surface area contributed by atoms with E-state index in [9.17, 15) is 9.90 Å². The second-order valence-corrected chi connectivity index (χ2v) is 6.09. The number of phenolic OH excluding ortho intramolecular Hbond substituents is 1. The summed E-state index contributed by atoms with van der Waals surface area (Å²) in [6.07, 6.45) is 3.41. The molecule has 0 aliphatic carbocycles. The molecule has 5 nitrogen and oxygen atoms in total. The second kappa shape index (κ2) is 7.20. The Bertz CT molecular complexity index is 491. The topological polar surface area (TPSA) is 61.8 Å². The molecule has 2 saturated heterocycles. The summed E-state index contributed by atoms with van der Waals surface area (Å²) in [4.78, 5) is 14.1. The number of piperidine rings is 1. The van der Waals surface area contributed by atoms with E-state index in [2.05, 4.69) is 5.32 Å². The summed E-state index contributed by atoms with van der Waals surface area (Å²) in [6.45, 7) is 3.94. The number of nitrogens with one attached hydrogen (secondary N) is 1. The summed E-state index contributed by atoms with van der Waals surface area (Å²) in [6, 6.07) is 6.44. The maximum Gasteiger partial charge on any atom is 0.260 e. The number of rotatable bonds is 3. The Morgan fingerprint density at radius 3 is 2.50 bits per heavy atom. The number of likely N-dealkylation sites (tertiary alicyclic amines) is 1. The van der Waals surface area contributed by atoms with E-state index in [4.69, 9.17) is 4.74 Å². The average Bonchev–Trinajstić information content (AvgIpc) is 2.95. The van der Waals surface area contributed by atoms with Crippen molar-refractivity contribution in [1.29, 1.82) is 0 Å². The van der Waals surface area contributed by atoms with Crippen molar-refractivity contribution in [1.82, 2.24) is 10.2 Å². The predicted molar refractivity (Wildman–Crippen MR) is 86.6 cm³/mol. The molecule has 0 atom stereocenters. The van der Waals surface area contributed by atoms with Gasteiger partial charge in [-0.2, -0.15) is 0 Å². The van der Waals surface area contributed by atoms with Gasteiger partial charge in [-0.05, 0) is 55.5 Å². The summed E-state index contributed by atoms with van der Waals surface area (Å²) >= 11 is 0. The number of benzene rings is 1. The molecule has 2 aliphatic heterocycles. The number of hydrogen-bond acceptors (Lipinski definition) is 4. The van der Waals surface area contributed by atoms with Gasteiger partial charge in [0.1, 0.15) is 11.5 Å². The first kappa shape index (κ1) is 16.9. The van der Waals surface area contributed by atoms with Crippen LogP contribution in [0, 0.1) is 5.41 Å². The van der Waals surface area contributed by atoms with Crippen molar-refractivity contribution in [2.24, 2.45) is 5.41 Å². The second-order valence-electron chi connectivity index (χ2n) is 6.09. The fourth-order valence-corrected chi connectivity index (χ4v) is 3.23. The molecular formula is C16H23ClN2O3. The predicted octanol–water partition coefficient (Wildman–Crippen LogP) is 1.79. The molecule has 0 radical (unpaired) electrons. The summed E-state index contributed by atoms with van der Waals surface area (Å²) in [5.74, 6) is 0.846. The number of carbonyl (C=O) groups excluding carboxylic acids is 1. The van der Waals surface area contributed by atoms with Crippen LogP contribution in [0.5, 0.6) is 11.5 Å². The van der Waals surface area contributed by atoms with Crippen molar-refractivity contribution in [2.75, 3.05) is 32.8 Å². The largest absolute Gasteiger partial charge is 0.508 e. The molecule has 6 heteroatoms. The van der Waals surface area contributed by atoms with Crippen LogP contribution in [0.15, 0.2) is 24.3 Å². The van der Waals surface area contributed by atoms with Crippen molar-refractivity contribution in [3.05, 3.63) is 24.3 Å². The Morgan fingerprint density at radius 1 is 1.23 bits per heavy atom. The van der Waals surface area contributed by atoms with Crippen LogP contribution in [-0.2, 0) is 4.79 Å². The average molecular weight is 327 g/mol. The number of phenols is 1. The Morgan fingerprint density at radius 2 is 1.91 bits per heavy atom. The lowest BCUT2D eigenvalue weighted by atomic mass is 9.78. The van der Waals surface area contributed by atoms with Gasteiger partial charge in [-0.15, -0.1) is 12.4 Å². The minimum atomic E-state index is 0. The van der Waals surface area contributed by atoms with Gasteiger partial charge in [-0.25, -0.2) is 0 Å². The molecule has 22 heavy (non-hydrogen) atoms. The Balaban J connectivity index is 0.00000176. The molecule has 3 rings (SSSR count). The van der Waals surface area contributed by atoms with Crippen LogP contribution in [0.3, 0.4) is 0 Å². The Kier molecular flexibility index (Phi) is 5.53. The molecule has 2 fully saturated rings. The van der Waals surface area contributed by atoms with Crippen LogP contribution in [0.25, 0.3) is 0 Å². The van der Waals surface area contributed by atoms with E-state index in [1.165, 1.54) is 6.42 Å². The first-order chi connectivity index (χ1) is 10.2. The summed E-state index contributed by atoms with van der Waals surface area (Å²) in [5, 5.41) is 12.6. The van der Waals surface area contributed by atoms with Crippen molar-refractivity contribution >= 4 is 18.3 Å². The lowest BCUT2D eigenvalue weighted by Gasteiger charge is -2.38. The van der Waals surface area contributed by atoms with E-state index in [0.29, 0.717) is 11.2 Å². The maximum atomic E-state index is 12.2. The molecule has 122 valence electrons. The van der Waals surface area contributed by atoms with Crippen LogP contribution in [-0.4, -0.2) is 48.7 Å². The molecule has 0 bridgehead atoms. The number of amides is 1. The van der Waals surface area contributed by atoms with Gasteiger partial charge >= 0.3 is 0 Å². The van der Waals surface area contributed by atoms with E-state index < -0.39 is 0 Å². The summed E-state index contributed by atoms with van der Waals surface area (Å²) < 4.78 is 5.48. The van der Waals surface area contributed by atoms with E-state index in [1.807, 2.05) is 4.90 Å². The van der Waals surface area contributed by atoms with Crippen LogP contribution < -0.4 is 10.1 Å². The van der Waals surface area contributed by atoms with Gasteiger partial charge < -0.3 is 20.1 Å². The number of halogens is 1. The highest BCUT2D eigenvalue weighted by molar-refractivity contribution is 5.85. The standard InChI is InChI=1S/C16H22N2O3.ClH/c19-13-1-3-14(4-2-13)21-11-15(20)18-9-6-16(7-10-18)5-8-17-12-16;/h1-4,17,19H,5-12H2;1H. The first-order valence-electron chi connectivity index (χ1n) is 7.57. The molecule has 0 aromatic heterocycles. The molecule has 1 amide bonds. The highest BCUT2D eigenvalue weighted by Gasteiger charge is 2.37. The van der Waals surface area contributed by atoms with Gasteiger partial charge in [0, 0.05) is 19.6 Å². The Hall–Kier alpha value is -1.46. The van der Waals surface area contributed by atoms with Gasteiger partial charge in [-0.3, -0.25) is 4.79 Å². The zero-order valence-corrected chi connectivity index (χ0v) is 13.4. The van der Waals surface area contributed by atoms with E-state index in [1.54, 1.807) is 24.3 Å². The van der Waals surface area contributed by atoms with Crippen LogP contribution in [0.1, 0.15) is 19.3 Å². The van der Waals surface area contributed by atoms with E-state index in [-0.39, 0.29) is 30.7 Å². The summed E-state index contributed by atoms with van der Waals surface area (Å²) in [7, 11) is 0. The van der Waals surface area contributed by atoms with Crippen LogP contribution in [0.4, 0.5) is 0 Å². The number of nitrogens with zero attached hydrogens (tertiary/aromatic N) is 1. The van der Waals surface area contributed by atoms with Gasteiger partial charge in [0.25, 0.3) is 5.91 Å². The highest BCUT2D eigenvalue weighted by Crippen LogP contribution is 2.36. The fraction of sp³-hybridized carbons (Fsp3) is 0.562. The van der Waals surface area contributed by atoms with Crippen molar-refractivity contribution in [3.63, 3.8) is 0 Å². The van der Waals surface area contributed by atoms with Gasteiger partial charge in [0.2, 0.25) is 0 Å². The van der Waals surface area contributed by atoms with Crippen LogP contribution >= 0.6 is 12.4 Å². The number of carbonyl (C=O) groups is 1. The van der Waals surface area contributed by atoms with Crippen LogP contribution in [0.2, 0.25) is 0 Å². The molecular weight excluding hydrogens is 304 g/mol. The molecule has 1 aromatic carbocycles. The van der Waals surface area contributed by atoms with Crippen molar-refractivity contribution in [3.8, 4) is 11.5 Å². The third kappa shape index (κ3) is 3.84. The zero-order chi connectivity index (χ0) is 14.7. The number of aromatic hydroxyl groups is 1. The summed E-state index contributed by atoms with van der Waals surface area (Å²) in [5.41, 5.74) is 0.425. The first-order valence-corrected chi connectivity index (χ1v) is 7.57. The molecule has 2 heterocycles. The molecule has 1 aromatic rings. The van der Waals surface area contributed by atoms with Crippen molar-refractivity contribution < 1.29 is 14.6 Å². The van der Waals surface area contributed by atoms with E-state index in [0.717, 1.165) is 39.0 Å². The van der Waals surface area contributed by atoms with Gasteiger partial charge in [0.05, 0.1) is 0 Å². The quantitative estimate of drug-likeness (QED) is 0.889. The highest BCUT2D eigenvalue weighted by atomic mass is 35.5. The fourth-order valence-electron chi connectivity index (χ4n) is 3.23. The van der Waals surface area contributed by atoms with Gasteiger partial charge in [-0.1, -0.05) is 0 Å². The normalized spacial score (nSPS) is 19.7. The SMILES string of the molecule is Cl.O=C(COc1ccc(O)cc1)N1CCC2(CCNC2)CC1. The minimum Gasteiger partial charge on any atom is -0.508 e. The smallest absolute Gasteiger partial charge is 0.260 e. The molecule has 0 unspecified atom stereocenters. The monoisotopic (exact) mass is 326 g/mol. The molecule has 2 aliphatic rings. The third-order valence-electron chi connectivity index (χ3n) is 4.71. The van der Waals surface area contributed by atoms with Gasteiger partial charge in [0.15, 0.2) is 6.61 Å². The number of ether oxygens (including phenoxy) is 1. The lowest BCUT2D eigenvalue weighted by Crippen LogP contribution is -2.45. The lowest BCUT2D eigenvalue weighted by molar-refractivity contribution is -0.135.